The molecule has 0 aromatic carbocycles. The first kappa shape index (κ1) is 15.7. The van der Waals surface area contributed by atoms with E-state index in [2.05, 4.69) is 26.2 Å². The first-order valence-corrected chi connectivity index (χ1v) is 14.0. The molecule has 4 heteroatoms. The van der Waals surface area contributed by atoms with Crippen LogP contribution < -0.4 is 0 Å². The molecule has 0 saturated heterocycles. The molecule has 2 aliphatic carbocycles. The van der Waals surface area contributed by atoms with Gasteiger partial charge in [0.2, 0.25) is 0 Å². The van der Waals surface area contributed by atoms with Crippen molar-refractivity contribution in [2.75, 3.05) is 14.2 Å². The normalized spacial score (nSPS) is 35.1. The smallest absolute Gasteiger partial charge is 0.189 e. The van der Waals surface area contributed by atoms with E-state index in [-0.39, 0.29) is 0 Å². The molecule has 2 bridgehead atoms. The molecule has 4 unspecified atom stereocenters. The molecule has 2 aliphatic rings. The van der Waals surface area contributed by atoms with Gasteiger partial charge >= 0.3 is 0 Å². The zero-order chi connectivity index (χ0) is 14.3. The summed E-state index contributed by atoms with van der Waals surface area (Å²) in [5.74, 6) is 2.97. The van der Waals surface area contributed by atoms with Crippen LogP contribution in [0.5, 0.6) is 0 Å². The Labute approximate surface area is 121 Å². The van der Waals surface area contributed by atoms with Gasteiger partial charge in [-0.15, -0.1) is 0 Å². The molecular formula is C15H32O2Si2. The van der Waals surface area contributed by atoms with Crippen molar-refractivity contribution in [2.45, 2.75) is 63.5 Å². The molecule has 2 nitrogen and oxygen atoms in total. The number of hydrogen-bond donors (Lipinski definition) is 0. The Kier molecular flexibility index (Phi) is 4.66. The van der Waals surface area contributed by atoms with Crippen LogP contribution in [0.2, 0.25) is 37.8 Å². The van der Waals surface area contributed by atoms with Crippen molar-refractivity contribution in [1.82, 2.24) is 0 Å². The predicted molar refractivity (Wildman–Crippen MR) is 86.5 cm³/mol. The lowest BCUT2D eigenvalue weighted by molar-refractivity contribution is 0.291. The van der Waals surface area contributed by atoms with E-state index in [9.17, 15) is 0 Å². The minimum atomic E-state index is -1.41. The summed E-state index contributed by atoms with van der Waals surface area (Å²) in [4.78, 5) is 0. The first-order valence-electron chi connectivity index (χ1n) is 7.89. The summed E-state index contributed by atoms with van der Waals surface area (Å²) in [6.07, 6.45) is 5.83. The second-order valence-corrected chi connectivity index (χ2v) is 16.7. The Morgan fingerprint density at radius 3 is 2.05 bits per heavy atom. The van der Waals surface area contributed by atoms with Crippen LogP contribution in [0.1, 0.15) is 25.7 Å². The van der Waals surface area contributed by atoms with E-state index in [1.165, 1.54) is 31.7 Å². The lowest BCUT2D eigenvalue weighted by Crippen LogP contribution is -2.39. The van der Waals surface area contributed by atoms with Gasteiger partial charge in [-0.2, -0.15) is 0 Å². The zero-order valence-corrected chi connectivity index (χ0v) is 15.7. The fourth-order valence-electron chi connectivity index (χ4n) is 4.39. The molecular weight excluding hydrogens is 268 g/mol. The maximum Gasteiger partial charge on any atom is 0.189 e. The molecule has 112 valence electrons. The van der Waals surface area contributed by atoms with Crippen LogP contribution in [0.25, 0.3) is 0 Å². The highest BCUT2D eigenvalue weighted by Gasteiger charge is 2.51. The molecule has 0 heterocycles. The Bertz CT molecular complexity index is 317. The van der Waals surface area contributed by atoms with Gasteiger partial charge in [-0.05, 0) is 74.8 Å². The zero-order valence-electron chi connectivity index (χ0n) is 13.7. The number of fused-ring (bicyclic) bond motifs is 2. The van der Waals surface area contributed by atoms with Gasteiger partial charge in [0, 0.05) is 14.2 Å². The first-order chi connectivity index (χ1) is 8.79. The summed E-state index contributed by atoms with van der Waals surface area (Å²) in [6.45, 7) is 9.52. The molecule has 0 amide bonds. The van der Waals surface area contributed by atoms with Crippen molar-refractivity contribution < 1.29 is 8.85 Å². The number of rotatable bonds is 6. The van der Waals surface area contributed by atoms with Gasteiger partial charge in [-0.25, -0.2) is 0 Å². The van der Waals surface area contributed by atoms with Crippen molar-refractivity contribution >= 4 is 16.6 Å². The molecule has 0 aromatic heterocycles. The Balaban J connectivity index is 1.86. The Hall–Kier alpha value is 0.354. The van der Waals surface area contributed by atoms with Crippen molar-refractivity contribution in [3.8, 4) is 0 Å². The van der Waals surface area contributed by atoms with Crippen LogP contribution in [0, 0.1) is 17.8 Å². The maximum atomic E-state index is 5.87. The number of hydrogen-bond acceptors (Lipinski definition) is 2. The minimum Gasteiger partial charge on any atom is -0.420 e. The molecule has 2 saturated carbocycles. The van der Waals surface area contributed by atoms with Crippen LogP contribution in [0.3, 0.4) is 0 Å². The lowest BCUT2D eigenvalue weighted by Gasteiger charge is -2.37. The van der Waals surface area contributed by atoms with Crippen LogP contribution in [-0.2, 0) is 8.85 Å². The SMILES string of the molecule is CO[Si](C)(C)CCC1CC2CC1CC2[Si](C)(C)OC. The van der Waals surface area contributed by atoms with Gasteiger partial charge in [-0.3, -0.25) is 0 Å². The van der Waals surface area contributed by atoms with Crippen molar-refractivity contribution in [2.24, 2.45) is 17.8 Å². The third kappa shape index (κ3) is 3.34. The van der Waals surface area contributed by atoms with Gasteiger partial charge in [-0.1, -0.05) is 6.42 Å². The van der Waals surface area contributed by atoms with E-state index < -0.39 is 16.6 Å². The molecule has 0 aliphatic heterocycles. The Morgan fingerprint density at radius 2 is 1.58 bits per heavy atom. The molecule has 0 radical (unpaired) electrons. The summed E-state index contributed by atoms with van der Waals surface area (Å²) in [5.41, 5.74) is 0.923. The molecule has 19 heavy (non-hydrogen) atoms. The molecule has 0 N–H and O–H groups in total. The van der Waals surface area contributed by atoms with Gasteiger partial charge in [0.1, 0.15) is 0 Å². The summed E-state index contributed by atoms with van der Waals surface area (Å²) in [7, 11) is 1.07. The highest BCUT2D eigenvalue weighted by atomic mass is 28.4. The monoisotopic (exact) mass is 300 g/mol. The summed E-state index contributed by atoms with van der Waals surface area (Å²) in [5, 5.41) is 0. The highest BCUT2D eigenvalue weighted by molar-refractivity contribution is 6.72. The van der Waals surface area contributed by atoms with E-state index in [1.807, 2.05) is 14.2 Å². The van der Waals surface area contributed by atoms with E-state index in [0.717, 1.165) is 23.3 Å². The second-order valence-electron chi connectivity index (χ2n) is 7.90. The van der Waals surface area contributed by atoms with Gasteiger partial charge < -0.3 is 8.85 Å². The Morgan fingerprint density at radius 1 is 0.895 bits per heavy atom. The van der Waals surface area contributed by atoms with Gasteiger partial charge in [0.05, 0.1) is 0 Å². The van der Waals surface area contributed by atoms with E-state index in [0.29, 0.717) is 0 Å². The van der Waals surface area contributed by atoms with Gasteiger partial charge in [0.25, 0.3) is 0 Å². The minimum absolute atomic E-state index is 0.923. The fourth-order valence-corrected chi connectivity index (χ4v) is 8.24. The molecule has 4 atom stereocenters. The average molecular weight is 301 g/mol. The van der Waals surface area contributed by atoms with Crippen LogP contribution >= 0.6 is 0 Å². The van der Waals surface area contributed by atoms with Gasteiger partial charge in [0.15, 0.2) is 16.6 Å². The quantitative estimate of drug-likeness (QED) is 0.673. The van der Waals surface area contributed by atoms with Crippen LogP contribution in [-0.4, -0.2) is 30.9 Å². The molecule has 0 aromatic rings. The fraction of sp³-hybridized carbons (Fsp3) is 1.00. The summed E-state index contributed by atoms with van der Waals surface area (Å²) in [6, 6.07) is 1.34. The summed E-state index contributed by atoms with van der Waals surface area (Å²) >= 11 is 0. The largest absolute Gasteiger partial charge is 0.420 e. The standard InChI is InChI=1S/C15H32O2Si2/c1-16-18(3,4)8-7-12-9-14-10-13(12)11-15(14)19(5,6)17-2/h12-15H,7-11H2,1-6H3. The van der Waals surface area contributed by atoms with Crippen LogP contribution in [0.4, 0.5) is 0 Å². The van der Waals surface area contributed by atoms with E-state index in [1.54, 1.807) is 0 Å². The van der Waals surface area contributed by atoms with Crippen molar-refractivity contribution in [3.63, 3.8) is 0 Å². The van der Waals surface area contributed by atoms with Crippen LogP contribution in [0.15, 0.2) is 0 Å². The maximum absolute atomic E-state index is 5.87. The topological polar surface area (TPSA) is 18.5 Å². The molecule has 2 rings (SSSR count). The van der Waals surface area contributed by atoms with Crippen molar-refractivity contribution in [3.05, 3.63) is 0 Å². The van der Waals surface area contributed by atoms with E-state index >= 15 is 0 Å². The van der Waals surface area contributed by atoms with E-state index in [4.69, 9.17) is 8.85 Å². The summed E-state index contributed by atoms with van der Waals surface area (Å²) < 4.78 is 11.6. The lowest BCUT2D eigenvalue weighted by atomic mass is 9.86. The van der Waals surface area contributed by atoms with Crippen molar-refractivity contribution in [1.29, 1.82) is 0 Å². The molecule has 0 spiro atoms. The predicted octanol–water partition coefficient (Wildman–Crippen LogP) is 4.50. The second kappa shape index (κ2) is 5.62. The molecule has 2 fully saturated rings. The third-order valence-electron chi connectivity index (χ3n) is 6.09. The third-order valence-corrected chi connectivity index (χ3v) is 12.2. The highest BCUT2D eigenvalue weighted by Crippen LogP contribution is 2.59. The average Bonchev–Trinajstić information content (AvgIpc) is 2.96.